The number of phenols is 2. The van der Waals surface area contributed by atoms with Gasteiger partial charge in [0, 0.05) is 22.0 Å². The standard InChI is InChI=1S/C20H17N3O2/c21-14-7-5-11(9-17(14)24)19-13-3-1-2-4-16(13)23-20(19)12-6-8-15(22)18(25)10-12/h1-10,23-25H,21-22H2. The van der Waals surface area contributed by atoms with Crippen LogP contribution < -0.4 is 11.5 Å². The van der Waals surface area contributed by atoms with Crippen molar-refractivity contribution >= 4 is 22.3 Å². The van der Waals surface area contributed by atoms with Gasteiger partial charge in [-0.05, 0) is 35.9 Å². The van der Waals surface area contributed by atoms with E-state index in [2.05, 4.69) is 4.98 Å². The van der Waals surface area contributed by atoms with Crippen molar-refractivity contribution in [3.05, 3.63) is 60.7 Å². The number of fused-ring (bicyclic) bond motifs is 1. The summed E-state index contributed by atoms with van der Waals surface area (Å²) in [6.45, 7) is 0. The van der Waals surface area contributed by atoms with Gasteiger partial charge in [-0.1, -0.05) is 30.3 Å². The number of rotatable bonds is 2. The summed E-state index contributed by atoms with van der Waals surface area (Å²) >= 11 is 0. The molecule has 0 spiro atoms. The number of aromatic amines is 1. The van der Waals surface area contributed by atoms with Gasteiger partial charge in [0.1, 0.15) is 11.5 Å². The maximum Gasteiger partial charge on any atom is 0.139 e. The van der Waals surface area contributed by atoms with Crippen LogP contribution in [0.15, 0.2) is 60.7 Å². The van der Waals surface area contributed by atoms with Gasteiger partial charge in [0.2, 0.25) is 0 Å². The predicted octanol–water partition coefficient (Wildman–Crippen LogP) is 4.08. The van der Waals surface area contributed by atoms with Crippen molar-refractivity contribution in [1.29, 1.82) is 0 Å². The number of phenolic OH excluding ortho intramolecular Hbond substituents is 2. The smallest absolute Gasteiger partial charge is 0.139 e. The van der Waals surface area contributed by atoms with Gasteiger partial charge in [-0.25, -0.2) is 0 Å². The first-order valence-electron chi connectivity index (χ1n) is 7.83. The average Bonchev–Trinajstić information content (AvgIpc) is 2.99. The molecule has 0 saturated heterocycles. The van der Waals surface area contributed by atoms with Crippen LogP contribution in [0.5, 0.6) is 11.5 Å². The number of anilines is 2. The molecule has 0 atom stereocenters. The summed E-state index contributed by atoms with van der Waals surface area (Å²) in [5.74, 6) is 0.0659. The minimum atomic E-state index is 0.0299. The number of nitrogens with two attached hydrogens (primary N) is 2. The lowest BCUT2D eigenvalue weighted by molar-refractivity contribution is 0.477. The van der Waals surface area contributed by atoms with Crippen LogP contribution in [0.2, 0.25) is 0 Å². The fourth-order valence-electron chi connectivity index (χ4n) is 3.06. The van der Waals surface area contributed by atoms with Crippen LogP contribution in [0.1, 0.15) is 0 Å². The molecule has 124 valence electrons. The first kappa shape index (κ1) is 15.0. The second-order valence-corrected chi connectivity index (χ2v) is 5.97. The zero-order valence-corrected chi connectivity index (χ0v) is 13.3. The molecule has 5 nitrogen and oxygen atoms in total. The summed E-state index contributed by atoms with van der Waals surface area (Å²) < 4.78 is 0. The van der Waals surface area contributed by atoms with Gasteiger partial charge in [0.25, 0.3) is 0 Å². The highest BCUT2D eigenvalue weighted by Crippen LogP contribution is 2.41. The molecule has 0 aliphatic carbocycles. The SMILES string of the molecule is Nc1ccc(-c2[nH]c3ccccc3c2-c2ccc(N)c(O)c2)cc1O. The molecule has 4 rings (SSSR count). The van der Waals surface area contributed by atoms with E-state index in [1.165, 1.54) is 0 Å². The van der Waals surface area contributed by atoms with E-state index in [0.717, 1.165) is 33.3 Å². The largest absolute Gasteiger partial charge is 0.506 e. The third kappa shape index (κ3) is 2.42. The number of aromatic hydroxyl groups is 2. The Morgan fingerprint density at radius 1 is 0.720 bits per heavy atom. The molecule has 0 saturated carbocycles. The fraction of sp³-hybridized carbons (Fsp3) is 0. The minimum absolute atomic E-state index is 0.0299. The van der Waals surface area contributed by atoms with Crippen molar-refractivity contribution in [2.45, 2.75) is 0 Å². The third-order valence-electron chi connectivity index (χ3n) is 4.34. The van der Waals surface area contributed by atoms with Crippen molar-refractivity contribution in [2.75, 3.05) is 11.5 Å². The second kappa shape index (κ2) is 5.49. The Morgan fingerprint density at radius 2 is 1.32 bits per heavy atom. The molecule has 1 heterocycles. The van der Waals surface area contributed by atoms with Crippen molar-refractivity contribution in [1.82, 2.24) is 4.98 Å². The molecular weight excluding hydrogens is 314 g/mol. The quantitative estimate of drug-likeness (QED) is 0.282. The lowest BCUT2D eigenvalue weighted by Gasteiger charge is -2.09. The van der Waals surface area contributed by atoms with Crippen LogP contribution in [0.4, 0.5) is 11.4 Å². The normalized spacial score (nSPS) is 11.0. The van der Waals surface area contributed by atoms with Crippen LogP contribution >= 0.6 is 0 Å². The van der Waals surface area contributed by atoms with Gasteiger partial charge in [0.15, 0.2) is 0 Å². The fourth-order valence-corrected chi connectivity index (χ4v) is 3.06. The van der Waals surface area contributed by atoms with Crippen LogP contribution in [0.25, 0.3) is 33.3 Å². The molecule has 0 aliphatic heterocycles. The minimum Gasteiger partial charge on any atom is -0.506 e. The van der Waals surface area contributed by atoms with E-state index in [1.807, 2.05) is 36.4 Å². The number of hydrogen-bond donors (Lipinski definition) is 5. The molecule has 0 radical (unpaired) electrons. The first-order valence-corrected chi connectivity index (χ1v) is 7.83. The van der Waals surface area contributed by atoms with E-state index in [9.17, 15) is 10.2 Å². The Bertz CT molecular complexity index is 1100. The highest BCUT2D eigenvalue weighted by atomic mass is 16.3. The molecule has 25 heavy (non-hydrogen) atoms. The number of H-pyrrole nitrogens is 1. The van der Waals surface area contributed by atoms with E-state index in [1.54, 1.807) is 24.3 Å². The Balaban J connectivity index is 2.04. The number of nitrogens with one attached hydrogen (secondary N) is 1. The van der Waals surface area contributed by atoms with Gasteiger partial charge in [-0.3, -0.25) is 0 Å². The van der Waals surface area contributed by atoms with E-state index >= 15 is 0 Å². The summed E-state index contributed by atoms with van der Waals surface area (Å²) in [7, 11) is 0. The topological polar surface area (TPSA) is 108 Å². The Kier molecular flexibility index (Phi) is 3.28. The molecule has 0 fully saturated rings. The molecule has 3 aromatic carbocycles. The average molecular weight is 331 g/mol. The summed E-state index contributed by atoms with van der Waals surface area (Å²) in [5.41, 5.74) is 16.5. The van der Waals surface area contributed by atoms with E-state index in [-0.39, 0.29) is 11.5 Å². The van der Waals surface area contributed by atoms with Crippen LogP contribution in [0.3, 0.4) is 0 Å². The number of nitrogen functional groups attached to an aromatic ring is 2. The van der Waals surface area contributed by atoms with E-state index < -0.39 is 0 Å². The van der Waals surface area contributed by atoms with Gasteiger partial charge in [-0.15, -0.1) is 0 Å². The summed E-state index contributed by atoms with van der Waals surface area (Å²) in [4.78, 5) is 3.39. The number of benzene rings is 3. The second-order valence-electron chi connectivity index (χ2n) is 5.97. The molecule has 0 bridgehead atoms. The number of hydrogen-bond acceptors (Lipinski definition) is 4. The van der Waals surface area contributed by atoms with Crippen molar-refractivity contribution in [2.24, 2.45) is 0 Å². The number of para-hydroxylation sites is 1. The van der Waals surface area contributed by atoms with Gasteiger partial charge >= 0.3 is 0 Å². The lowest BCUT2D eigenvalue weighted by Crippen LogP contribution is -1.89. The van der Waals surface area contributed by atoms with Gasteiger partial charge in [0.05, 0.1) is 17.1 Å². The van der Waals surface area contributed by atoms with Crippen molar-refractivity contribution in [3.8, 4) is 33.9 Å². The molecule has 0 aliphatic rings. The van der Waals surface area contributed by atoms with E-state index in [0.29, 0.717) is 11.4 Å². The predicted molar refractivity (Wildman–Crippen MR) is 101 cm³/mol. The maximum absolute atomic E-state index is 10.0. The maximum atomic E-state index is 10.0. The molecular formula is C20H17N3O2. The molecule has 1 aromatic heterocycles. The van der Waals surface area contributed by atoms with Crippen LogP contribution in [-0.2, 0) is 0 Å². The number of aromatic nitrogens is 1. The Morgan fingerprint density at radius 3 is 2.00 bits per heavy atom. The lowest BCUT2D eigenvalue weighted by atomic mass is 9.97. The van der Waals surface area contributed by atoms with Crippen molar-refractivity contribution < 1.29 is 10.2 Å². The van der Waals surface area contributed by atoms with Crippen LogP contribution in [-0.4, -0.2) is 15.2 Å². The summed E-state index contributed by atoms with van der Waals surface area (Å²) in [5, 5.41) is 21.0. The molecule has 7 N–H and O–H groups in total. The monoisotopic (exact) mass is 331 g/mol. The molecule has 5 heteroatoms. The summed E-state index contributed by atoms with van der Waals surface area (Å²) in [6.07, 6.45) is 0. The van der Waals surface area contributed by atoms with Crippen molar-refractivity contribution in [3.63, 3.8) is 0 Å². The Hall–Kier alpha value is -3.60. The molecule has 0 unspecified atom stereocenters. The molecule has 0 amide bonds. The zero-order chi connectivity index (χ0) is 17.6. The van der Waals surface area contributed by atoms with Gasteiger partial charge < -0.3 is 26.7 Å². The zero-order valence-electron chi connectivity index (χ0n) is 13.3. The molecule has 4 aromatic rings. The Labute approximate surface area is 144 Å². The van der Waals surface area contributed by atoms with E-state index in [4.69, 9.17) is 11.5 Å². The highest BCUT2D eigenvalue weighted by Gasteiger charge is 2.16. The summed E-state index contributed by atoms with van der Waals surface area (Å²) in [6, 6.07) is 18.2. The third-order valence-corrected chi connectivity index (χ3v) is 4.34. The van der Waals surface area contributed by atoms with Gasteiger partial charge in [-0.2, -0.15) is 0 Å². The highest BCUT2D eigenvalue weighted by molar-refractivity contribution is 6.04. The van der Waals surface area contributed by atoms with Crippen LogP contribution in [0, 0.1) is 0 Å². The first-order chi connectivity index (χ1) is 12.0.